The lowest BCUT2D eigenvalue weighted by molar-refractivity contribution is -0.188. The van der Waals surface area contributed by atoms with Crippen LogP contribution in [0.3, 0.4) is 0 Å². The average Bonchev–Trinajstić information content (AvgIpc) is 3.25. The molecule has 3 heterocycles. The molecule has 2 saturated heterocycles. The lowest BCUT2D eigenvalue weighted by Crippen LogP contribution is -2.55. The Hall–Kier alpha value is -4.43. The van der Waals surface area contributed by atoms with Gasteiger partial charge in [0.1, 0.15) is 0 Å². The Morgan fingerprint density at radius 3 is 2.33 bits per heavy atom. The lowest BCUT2D eigenvalue weighted by Gasteiger charge is -2.37. The van der Waals surface area contributed by atoms with E-state index < -0.39 is 23.6 Å². The van der Waals surface area contributed by atoms with Crippen LogP contribution in [0.2, 0.25) is 0 Å². The second-order valence-corrected chi connectivity index (χ2v) is 10.5. The Kier molecular flexibility index (Phi) is 6.86. The minimum atomic E-state index is -1.96. The number of hydrogen-bond acceptors (Lipinski definition) is 7. The Bertz CT molecular complexity index is 1460. The van der Waals surface area contributed by atoms with Gasteiger partial charge < -0.3 is 19.3 Å². The van der Waals surface area contributed by atoms with Crippen LogP contribution in [0.5, 0.6) is 0 Å². The van der Waals surface area contributed by atoms with Crippen LogP contribution >= 0.6 is 0 Å². The third-order valence-corrected chi connectivity index (χ3v) is 7.67. The molecule has 1 amide bonds. The van der Waals surface area contributed by atoms with Crippen molar-refractivity contribution in [2.75, 3.05) is 42.5 Å². The molecule has 8 nitrogen and oxygen atoms in total. The highest BCUT2D eigenvalue weighted by molar-refractivity contribution is 6.32. The first-order valence-electron chi connectivity index (χ1n) is 13.6. The highest BCUT2D eigenvalue weighted by Gasteiger charge is 2.59. The quantitative estimate of drug-likeness (QED) is 0.350. The number of ether oxygens (including phenoxy) is 2. The molecule has 3 aliphatic rings. The number of nitrogens with zero attached hydrogens (tertiary/aromatic N) is 3. The predicted octanol–water partition coefficient (Wildman–Crippen LogP) is 3.72. The molecule has 6 rings (SSSR count). The van der Waals surface area contributed by atoms with Crippen molar-refractivity contribution in [2.45, 2.75) is 25.7 Å². The van der Waals surface area contributed by atoms with Crippen LogP contribution in [-0.4, -0.2) is 61.3 Å². The molecule has 0 bridgehead atoms. The number of rotatable bonds is 6. The van der Waals surface area contributed by atoms with Gasteiger partial charge in [-0.1, -0.05) is 60.7 Å². The Labute approximate surface area is 233 Å². The summed E-state index contributed by atoms with van der Waals surface area (Å²) in [6, 6.07) is 24.0. The van der Waals surface area contributed by atoms with Gasteiger partial charge in [-0.05, 0) is 53.4 Å². The summed E-state index contributed by atoms with van der Waals surface area (Å²) in [5.41, 5.74) is 5.89. The number of amides is 1. The van der Waals surface area contributed by atoms with Gasteiger partial charge in [-0.25, -0.2) is 9.59 Å². The zero-order valence-electron chi connectivity index (χ0n) is 22.4. The number of benzene rings is 3. The van der Waals surface area contributed by atoms with Gasteiger partial charge >= 0.3 is 23.6 Å². The van der Waals surface area contributed by atoms with Crippen molar-refractivity contribution >= 4 is 35.3 Å². The van der Waals surface area contributed by atoms with E-state index in [0.717, 1.165) is 49.4 Å². The maximum absolute atomic E-state index is 13.5. The zero-order valence-corrected chi connectivity index (χ0v) is 22.4. The number of aryl methyl sites for hydroxylation is 1. The highest BCUT2D eigenvalue weighted by Crippen LogP contribution is 2.39. The van der Waals surface area contributed by atoms with Crippen molar-refractivity contribution in [3.05, 3.63) is 101 Å². The Balaban J connectivity index is 1.16. The topological polar surface area (TPSA) is 79.4 Å². The maximum Gasteiger partial charge on any atom is 0.421 e. The van der Waals surface area contributed by atoms with E-state index in [1.54, 1.807) is 0 Å². The summed E-state index contributed by atoms with van der Waals surface area (Å²) in [4.78, 5) is 43.8. The molecule has 0 radical (unpaired) electrons. The van der Waals surface area contributed by atoms with Crippen molar-refractivity contribution in [1.82, 2.24) is 4.90 Å². The van der Waals surface area contributed by atoms with Gasteiger partial charge in [-0.3, -0.25) is 9.69 Å². The molecule has 0 unspecified atom stereocenters. The molecule has 3 aliphatic heterocycles. The van der Waals surface area contributed by atoms with Crippen LogP contribution < -0.4 is 9.80 Å². The fourth-order valence-corrected chi connectivity index (χ4v) is 5.59. The third kappa shape index (κ3) is 5.10. The first kappa shape index (κ1) is 25.8. The number of anilines is 2. The second-order valence-electron chi connectivity index (χ2n) is 10.5. The van der Waals surface area contributed by atoms with E-state index in [9.17, 15) is 14.4 Å². The monoisotopic (exact) mass is 537 g/mol. The molecule has 204 valence electrons. The van der Waals surface area contributed by atoms with Crippen LogP contribution in [0, 0.1) is 6.92 Å². The number of hydrogen-bond donors (Lipinski definition) is 0. The van der Waals surface area contributed by atoms with E-state index in [1.807, 2.05) is 48.5 Å². The lowest BCUT2D eigenvalue weighted by atomic mass is 9.93. The number of fused-ring (bicyclic) bond motifs is 1. The largest absolute Gasteiger partial charge is 0.421 e. The molecule has 1 spiro atoms. The van der Waals surface area contributed by atoms with Crippen molar-refractivity contribution in [3.63, 3.8) is 0 Å². The van der Waals surface area contributed by atoms with Crippen LogP contribution in [0.25, 0.3) is 6.08 Å². The Morgan fingerprint density at radius 1 is 0.850 bits per heavy atom. The minimum absolute atomic E-state index is 0.0213. The van der Waals surface area contributed by atoms with Gasteiger partial charge in [0.25, 0.3) is 0 Å². The van der Waals surface area contributed by atoms with Crippen molar-refractivity contribution < 1.29 is 23.9 Å². The molecule has 2 fully saturated rings. The Morgan fingerprint density at radius 2 is 1.60 bits per heavy atom. The normalized spacial score (nSPS) is 18.8. The molecule has 0 saturated carbocycles. The van der Waals surface area contributed by atoms with E-state index >= 15 is 0 Å². The SMILES string of the molecule is Cc1cccc(N2CCN(C/C=C/c3ccc4c(c3)CC3(OC(=O)C(=O)O3)C(=O)N4Cc3ccccc3)CC2)c1. The van der Waals surface area contributed by atoms with E-state index in [4.69, 9.17) is 9.47 Å². The minimum Gasteiger partial charge on any atom is -0.404 e. The summed E-state index contributed by atoms with van der Waals surface area (Å²) in [7, 11) is 0. The second kappa shape index (κ2) is 10.6. The molecular weight excluding hydrogens is 506 g/mol. The standard InChI is InChI=1S/C32H31N3O5/c1-23-7-5-11-27(19-23)34-17-15-33(16-18-34)14-6-10-24-12-13-28-26(20-24)21-32(39-29(36)30(37)40-32)31(38)35(28)22-25-8-3-2-4-9-25/h2-13,19-20H,14-18,21-22H2,1H3/b10-6+. The van der Waals surface area contributed by atoms with Crippen LogP contribution in [0.1, 0.15) is 22.3 Å². The summed E-state index contributed by atoms with van der Waals surface area (Å²) < 4.78 is 10.5. The molecule has 0 N–H and O–H groups in total. The van der Waals surface area contributed by atoms with E-state index in [2.05, 4.69) is 53.1 Å². The van der Waals surface area contributed by atoms with Crippen molar-refractivity contribution in [1.29, 1.82) is 0 Å². The molecule has 0 aliphatic carbocycles. The van der Waals surface area contributed by atoms with E-state index in [1.165, 1.54) is 16.2 Å². The summed E-state index contributed by atoms with van der Waals surface area (Å²) in [6.45, 7) is 7.15. The van der Waals surface area contributed by atoms with Gasteiger partial charge in [-0.15, -0.1) is 0 Å². The molecule has 0 atom stereocenters. The smallest absolute Gasteiger partial charge is 0.404 e. The molecule has 3 aromatic rings. The number of carbonyl (C=O) groups excluding carboxylic acids is 3. The van der Waals surface area contributed by atoms with Gasteiger partial charge in [0.2, 0.25) is 0 Å². The summed E-state index contributed by atoms with van der Waals surface area (Å²) in [6.07, 6.45) is 4.18. The van der Waals surface area contributed by atoms with Crippen molar-refractivity contribution in [3.8, 4) is 0 Å². The number of carbonyl (C=O) groups is 3. The highest BCUT2D eigenvalue weighted by atomic mass is 16.8. The number of esters is 2. The van der Waals surface area contributed by atoms with E-state index in [-0.39, 0.29) is 13.0 Å². The van der Waals surface area contributed by atoms with Crippen LogP contribution in [0.4, 0.5) is 11.4 Å². The van der Waals surface area contributed by atoms with Gasteiger partial charge in [0, 0.05) is 44.1 Å². The predicted molar refractivity (Wildman–Crippen MR) is 152 cm³/mol. The fraction of sp³-hybridized carbons (Fsp3) is 0.281. The average molecular weight is 538 g/mol. The van der Waals surface area contributed by atoms with Crippen LogP contribution in [0.15, 0.2) is 78.9 Å². The van der Waals surface area contributed by atoms with Gasteiger partial charge in [-0.2, -0.15) is 0 Å². The first-order chi connectivity index (χ1) is 19.4. The summed E-state index contributed by atoms with van der Waals surface area (Å²) in [5.74, 6) is -4.81. The molecule has 8 heteroatoms. The molecule has 3 aromatic carbocycles. The van der Waals surface area contributed by atoms with Crippen LogP contribution in [-0.2, 0) is 36.8 Å². The third-order valence-electron chi connectivity index (χ3n) is 7.67. The molecule has 40 heavy (non-hydrogen) atoms. The molecular formula is C32H31N3O5. The van der Waals surface area contributed by atoms with E-state index in [0.29, 0.717) is 5.69 Å². The zero-order chi connectivity index (χ0) is 27.7. The maximum atomic E-state index is 13.5. The molecule has 0 aromatic heterocycles. The fourth-order valence-electron chi connectivity index (χ4n) is 5.59. The number of piperazine rings is 1. The summed E-state index contributed by atoms with van der Waals surface area (Å²) in [5, 5.41) is 0. The van der Waals surface area contributed by atoms with Crippen molar-refractivity contribution in [2.24, 2.45) is 0 Å². The first-order valence-corrected chi connectivity index (χ1v) is 13.6. The van der Waals surface area contributed by atoms with Gasteiger partial charge in [0.15, 0.2) is 0 Å². The summed E-state index contributed by atoms with van der Waals surface area (Å²) >= 11 is 0. The van der Waals surface area contributed by atoms with Gasteiger partial charge in [0.05, 0.1) is 13.0 Å².